The van der Waals surface area contributed by atoms with Gasteiger partial charge in [0.1, 0.15) is 0 Å². The van der Waals surface area contributed by atoms with Crippen molar-refractivity contribution in [1.29, 1.82) is 0 Å². The number of carboxylic acids is 2. The number of hydrogen-bond donors (Lipinski definition) is 2. The van der Waals surface area contributed by atoms with E-state index in [1.165, 1.54) is 58.3 Å². The highest BCUT2D eigenvalue weighted by molar-refractivity contribution is 5.76. The number of carbonyl (C=O) groups is 3. The van der Waals surface area contributed by atoms with Gasteiger partial charge in [0.2, 0.25) is 5.91 Å². The number of piperidine rings is 2. The maximum Gasteiger partial charge on any atom is 0.490 e. The van der Waals surface area contributed by atoms with E-state index in [0.29, 0.717) is 12.3 Å². The molecule has 2 heterocycles. The molecule has 2 fully saturated rings. The number of carbonyl (C=O) groups excluding carboxylic acids is 1. The van der Waals surface area contributed by atoms with E-state index in [1.54, 1.807) is 0 Å². The van der Waals surface area contributed by atoms with Crippen LogP contribution in [0.25, 0.3) is 0 Å². The lowest BCUT2D eigenvalue weighted by Gasteiger charge is -2.31. The van der Waals surface area contributed by atoms with E-state index in [0.717, 1.165) is 25.6 Å². The molecule has 35 heavy (non-hydrogen) atoms. The van der Waals surface area contributed by atoms with Gasteiger partial charge in [-0.15, -0.1) is 0 Å². The standard InChI is InChI=1S/C17H33N3O.2C2HF3O2/c1-16-7-6-11-20(15-16)12-8-17(21)18(2)13-14-19-9-4-3-5-10-19;2*3-2(4,5)1(6)7/h16H,3-15H2,1-2H3;2*(H,6,7). The number of alkyl halides is 6. The van der Waals surface area contributed by atoms with Crippen LogP contribution in [0.15, 0.2) is 0 Å². The van der Waals surface area contributed by atoms with Gasteiger partial charge in [0.25, 0.3) is 0 Å². The van der Waals surface area contributed by atoms with Gasteiger partial charge in [-0.25, -0.2) is 9.59 Å². The normalized spacial score (nSPS) is 19.5. The van der Waals surface area contributed by atoms with Gasteiger partial charge in [-0.2, -0.15) is 26.3 Å². The summed E-state index contributed by atoms with van der Waals surface area (Å²) in [5.74, 6) is -4.41. The van der Waals surface area contributed by atoms with E-state index < -0.39 is 24.3 Å². The molecule has 1 amide bonds. The number of halogens is 6. The first-order valence-corrected chi connectivity index (χ1v) is 11.3. The molecule has 0 aromatic rings. The summed E-state index contributed by atoms with van der Waals surface area (Å²) in [4.78, 5) is 36.9. The van der Waals surface area contributed by atoms with Crippen molar-refractivity contribution in [3.8, 4) is 0 Å². The van der Waals surface area contributed by atoms with Crippen molar-refractivity contribution in [2.45, 2.75) is 57.8 Å². The number of amides is 1. The Kier molecular flexibility index (Phi) is 14.9. The van der Waals surface area contributed by atoms with Gasteiger partial charge in [0.15, 0.2) is 0 Å². The molecule has 1 atom stereocenters. The molecule has 2 rings (SSSR count). The third kappa shape index (κ3) is 16.3. The minimum absolute atomic E-state index is 0.310. The van der Waals surface area contributed by atoms with E-state index in [9.17, 15) is 31.1 Å². The molecule has 0 aliphatic carbocycles. The summed E-state index contributed by atoms with van der Waals surface area (Å²) in [6.07, 6.45) is -2.82. The number of rotatable bonds is 6. The Morgan fingerprint density at radius 3 is 1.71 bits per heavy atom. The quantitative estimate of drug-likeness (QED) is 0.515. The molecule has 2 aliphatic rings. The summed E-state index contributed by atoms with van der Waals surface area (Å²) in [5, 5.41) is 14.2. The average Bonchev–Trinajstić information content (AvgIpc) is 2.76. The van der Waals surface area contributed by atoms with Crippen LogP contribution < -0.4 is 0 Å². The molecule has 0 saturated carbocycles. The number of carboxylic acid groups (broad SMARTS) is 2. The predicted octanol–water partition coefficient (Wildman–Crippen LogP) is 3.32. The highest BCUT2D eigenvalue weighted by Crippen LogP contribution is 2.16. The summed E-state index contributed by atoms with van der Waals surface area (Å²) in [6, 6.07) is 0. The van der Waals surface area contributed by atoms with Gasteiger partial charge in [0, 0.05) is 39.6 Å². The largest absolute Gasteiger partial charge is 0.490 e. The Labute approximate surface area is 200 Å². The Hall–Kier alpha value is -2.09. The van der Waals surface area contributed by atoms with E-state index >= 15 is 0 Å². The molecule has 0 spiro atoms. The van der Waals surface area contributed by atoms with Crippen molar-refractivity contribution < 1.29 is 50.9 Å². The monoisotopic (exact) mass is 523 g/mol. The molecule has 1 unspecified atom stereocenters. The van der Waals surface area contributed by atoms with Gasteiger partial charge < -0.3 is 24.9 Å². The van der Waals surface area contributed by atoms with Gasteiger partial charge in [-0.1, -0.05) is 13.3 Å². The van der Waals surface area contributed by atoms with Crippen molar-refractivity contribution in [1.82, 2.24) is 14.7 Å². The zero-order valence-electron chi connectivity index (χ0n) is 20.0. The SMILES string of the molecule is CC1CCCN(CCC(=O)N(C)CCN2CCCCC2)C1.O=C(O)C(F)(F)F.O=C(O)C(F)(F)F. The molecular formula is C21H35F6N3O5. The topological polar surface area (TPSA) is 101 Å². The van der Waals surface area contributed by atoms with Gasteiger partial charge >= 0.3 is 24.3 Å². The fraction of sp³-hybridized carbons (Fsp3) is 0.857. The second-order valence-electron chi connectivity index (χ2n) is 8.62. The summed E-state index contributed by atoms with van der Waals surface area (Å²) in [7, 11) is 1.96. The molecule has 8 nitrogen and oxygen atoms in total. The first-order chi connectivity index (χ1) is 16.0. The lowest BCUT2D eigenvalue weighted by molar-refractivity contribution is -0.193. The lowest BCUT2D eigenvalue weighted by Crippen LogP contribution is -2.40. The third-order valence-corrected chi connectivity index (χ3v) is 5.49. The zero-order chi connectivity index (χ0) is 27.2. The molecular weight excluding hydrogens is 488 g/mol. The van der Waals surface area contributed by atoms with Crippen molar-refractivity contribution in [2.24, 2.45) is 5.92 Å². The van der Waals surface area contributed by atoms with E-state index in [4.69, 9.17) is 19.8 Å². The second kappa shape index (κ2) is 15.8. The molecule has 0 aromatic carbocycles. The Morgan fingerprint density at radius 1 is 0.829 bits per heavy atom. The average molecular weight is 524 g/mol. The van der Waals surface area contributed by atoms with Crippen LogP contribution in [0, 0.1) is 5.92 Å². The molecule has 14 heteroatoms. The Bertz CT molecular complexity index is 630. The van der Waals surface area contributed by atoms with Crippen molar-refractivity contribution in [3.63, 3.8) is 0 Å². The van der Waals surface area contributed by atoms with Gasteiger partial charge in [0.05, 0.1) is 0 Å². The number of likely N-dealkylation sites (tertiary alicyclic amines) is 2. The first-order valence-electron chi connectivity index (χ1n) is 11.3. The summed E-state index contributed by atoms with van der Waals surface area (Å²) < 4.78 is 63.5. The van der Waals surface area contributed by atoms with Crippen LogP contribution in [0.1, 0.15) is 45.4 Å². The van der Waals surface area contributed by atoms with Crippen LogP contribution >= 0.6 is 0 Å². The van der Waals surface area contributed by atoms with Crippen molar-refractivity contribution >= 4 is 17.8 Å². The molecule has 0 bridgehead atoms. The fourth-order valence-corrected chi connectivity index (χ4v) is 3.53. The van der Waals surface area contributed by atoms with Crippen LogP contribution in [0.4, 0.5) is 26.3 Å². The van der Waals surface area contributed by atoms with Crippen LogP contribution in [0.5, 0.6) is 0 Å². The van der Waals surface area contributed by atoms with Crippen molar-refractivity contribution in [2.75, 3.05) is 52.9 Å². The summed E-state index contributed by atoms with van der Waals surface area (Å²) in [5.41, 5.74) is 0. The van der Waals surface area contributed by atoms with Crippen LogP contribution in [0.3, 0.4) is 0 Å². The smallest absolute Gasteiger partial charge is 0.475 e. The van der Waals surface area contributed by atoms with Gasteiger partial charge in [-0.3, -0.25) is 4.79 Å². The highest BCUT2D eigenvalue weighted by atomic mass is 19.4. The summed E-state index contributed by atoms with van der Waals surface area (Å²) in [6.45, 7) is 9.97. The molecule has 2 aliphatic heterocycles. The lowest BCUT2D eigenvalue weighted by atomic mass is 10.0. The molecule has 0 radical (unpaired) electrons. The second-order valence-corrected chi connectivity index (χ2v) is 8.62. The third-order valence-electron chi connectivity index (χ3n) is 5.49. The molecule has 206 valence electrons. The molecule has 2 saturated heterocycles. The van der Waals surface area contributed by atoms with Crippen LogP contribution in [0.2, 0.25) is 0 Å². The van der Waals surface area contributed by atoms with E-state index in [2.05, 4.69) is 16.7 Å². The number of hydrogen-bond acceptors (Lipinski definition) is 5. The van der Waals surface area contributed by atoms with Crippen molar-refractivity contribution in [3.05, 3.63) is 0 Å². The Morgan fingerprint density at radius 2 is 1.29 bits per heavy atom. The van der Waals surface area contributed by atoms with Crippen LogP contribution in [-0.4, -0.2) is 108 Å². The minimum atomic E-state index is -5.08. The minimum Gasteiger partial charge on any atom is -0.475 e. The zero-order valence-corrected chi connectivity index (χ0v) is 20.0. The number of likely N-dealkylation sites (N-methyl/N-ethyl adjacent to an activating group) is 1. The van der Waals surface area contributed by atoms with E-state index in [1.807, 2.05) is 11.9 Å². The number of aliphatic carboxylic acids is 2. The number of nitrogens with zero attached hydrogens (tertiary/aromatic N) is 3. The molecule has 0 aromatic heterocycles. The fourth-order valence-electron chi connectivity index (χ4n) is 3.53. The van der Waals surface area contributed by atoms with E-state index in [-0.39, 0.29) is 0 Å². The van der Waals surface area contributed by atoms with Crippen LogP contribution in [-0.2, 0) is 14.4 Å². The molecule has 2 N–H and O–H groups in total. The maximum absolute atomic E-state index is 12.2. The maximum atomic E-state index is 12.2. The Balaban J connectivity index is 0.000000680. The predicted molar refractivity (Wildman–Crippen MR) is 115 cm³/mol. The first kappa shape index (κ1) is 32.9. The summed E-state index contributed by atoms with van der Waals surface area (Å²) >= 11 is 0. The van der Waals surface area contributed by atoms with Gasteiger partial charge in [-0.05, 0) is 51.2 Å². The highest BCUT2D eigenvalue weighted by Gasteiger charge is 2.38.